The summed E-state index contributed by atoms with van der Waals surface area (Å²) in [5.41, 5.74) is 2.26. The van der Waals surface area contributed by atoms with Crippen LogP contribution in [0.25, 0.3) is 16.7 Å². The van der Waals surface area contributed by atoms with Crippen LogP contribution in [0.1, 0.15) is 16.1 Å². The van der Waals surface area contributed by atoms with Crippen molar-refractivity contribution in [1.82, 2.24) is 25.0 Å². The maximum atomic E-state index is 12.5. The lowest BCUT2D eigenvalue weighted by molar-refractivity contribution is 0.0383. The van der Waals surface area contributed by atoms with Crippen molar-refractivity contribution >= 4 is 16.8 Å². The number of hydrogen-bond donors (Lipinski definition) is 1. The number of aromatic nitrogens is 3. The predicted molar refractivity (Wildman–Crippen MR) is 103 cm³/mol. The van der Waals surface area contributed by atoms with Crippen molar-refractivity contribution in [3.05, 3.63) is 53.9 Å². The number of carbonyl (C=O) groups is 1. The Bertz CT molecular complexity index is 946. The number of ether oxygens (including phenoxy) is 1. The number of morpholine rings is 1. The molecule has 4 rings (SSSR count). The molecule has 1 aliphatic rings. The van der Waals surface area contributed by atoms with E-state index in [0.717, 1.165) is 49.4 Å². The van der Waals surface area contributed by atoms with E-state index >= 15 is 0 Å². The average Bonchev–Trinajstić information content (AvgIpc) is 3.10. The number of fused-ring (bicyclic) bond motifs is 1. The van der Waals surface area contributed by atoms with Crippen molar-refractivity contribution in [3.8, 4) is 5.82 Å². The van der Waals surface area contributed by atoms with Gasteiger partial charge in [0.05, 0.1) is 36.2 Å². The van der Waals surface area contributed by atoms with Crippen LogP contribution in [-0.2, 0) is 4.74 Å². The van der Waals surface area contributed by atoms with Crippen LogP contribution < -0.4 is 5.32 Å². The smallest absolute Gasteiger partial charge is 0.254 e. The van der Waals surface area contributed by atoms with E-state index in [-0.39, 0.29) is 5.91 Å². The van der Waals surface area contributed by atoms with Gasteiger partial charge in [0.2, 0.25) is 0 Å². The first kappa shape index (κ1) is 17.6. The van der Waals surface area contributed by atoms with E-state index in [1.54, 1.807) is 10.9 Å². The van der Waals surface area contributed by atoms with Crippen LogP contribution in [0.5, 0.6) is 0 Å². The second kappa shape index (κ2) is 7.85. The summed E-state index contributed by atoms with van der Waals surface area (Å²) >= 11 is 0. The van der Waals surface area contributed by atoms with Gasteiger partial charge in [-0.15, -0.1) is 0 Å². The van der Waals surface area contributed by atoms with Crippen molar-refractivity contribution in [3.63, 3.8) is 0 Å². The molecular weight excluding hydrogens is 342 g/mol. The van der Waals surface area contributed by atoms with Crippen LogP contribution in [0.3, 0.4) is 0 Å². The third kappa shape index (κ3) is 3.84. The van der Waals surface area contributed by atoms with Gasteiger partial charge < -0.3 is 10.1 Å². The number of amides is 1. The zero-order valence-electron chi connectivity index (χ0n) is 15.4. The quantitative estimate of drug-likeness (QED) is 0.746. The van der Waals surface area contributed by atoms with Gasteiger partial charge in [-0.25, -0.2) is 9.67 Å². The van der Waals surface area contributed by atoms with Gasteiger partial charge in [-0.3, -0.25) is 9.69 Å². The third-order valence-electron chi connectivity index (χ3n) is 4.87. The zero-order chi connectivity index (χ0) is 18.6. The molecule has 140 valence electrons. The Kier molecular flexibility index (Phi) is 5.13. The van der Waals surface area contributed by atoms with Crippen molar-refractivity contribution in [2.24, 2.45) is 0 Å². The van der Waals surface area contributed by atoms with E-state index in [2.05, 4.69) is 20.3 Å². The molecular formula is C20H23N5O2. The van der Waals surface area contributed by atoms with Gasteiger partial charge in [0.15, 0.2) is 5.82 Å². The predicted octanol–water partition coefficient (Wildman–Crippen LogP) is 1.79. The lowest BCUT2D eigenvalue weighted by Crippen LogP contribution is -2.41. The fraction of sp³-hybridized carbons (Fsp3) is 0.350. The maximum absolute atomic E-state index is 12.5. The summed E-state index contributed by atoms with van der Waals surface area (Å²) in [5.74, 6) is 0.603. The molecule has 7 nitrogen and oxygen atoms in total. The molecule has 2 aromatic heterocycles. The molecule has 1 fully saturated rings. The topological polar surface area (TPSA) is 72.3 Å². The largest absolute Gasteiger partial charge is 0.379 e. The van der Waals surface area contributed by atoms with Crippen molar-refractivity contribution in [2.75, 3.05) is 39.4 Å². The highest BCUT2D eigenvalue weighted by atomic mass is 16.5. The normalized spacial score (nSPS) is 15.1. The van der Waals surface area contributed by atoms with Gasteiger partial charge >= 0.3 is 0 Å². The van der Waals surface area contributed by atoms with Gasteiger partial charge in [-0.2, -0.15) is 5.10 Å². The number of benzene rings is 1. The fourth-order valence-corrected chi connectivity index (χ4v) is 3.28. The molecule has 7 heteroatoms. The van der Waals surface area contributed by atoms with Crippen molar-refractivity contribution < 1.29 is 9.53 Å². The number of nitrogens with one attached hydrogen (secondary N) is 1. The van der Waals surface area contributed by atoms with Crippen LogP contribution in [0, 0.1) is 6.92 Å². The number of pyridine rings is 1. The molecule has 0 bridgehead atoms. The van der Waals surface area contributed by atoms with E-state index in [1.165, 1.54) is 0 Å². The first-order chi connectivity index (χ1) is 13.2. The molecule has 3 heterocycles. The third-order valence-corrected chi connectivity index (χ3v) is 4.87. The molecule has 0 unspecified atom stereocenters. The molecule has 27 heavy (non-hydrogen) atoms. The van der Waals surface area contributed by atoms with Crippen LogP contribution in [-0.4, -0.2) is 65.0 Å². The maximum Gasteiger partial charge on any atom is 0.254 e. The molecule has 3 aromatic rings. The Labute approximate surface area is 157 Å². The second-order valence-corrected chi connectivity index (χ2v) is 6.63. The molecule has 1 amide bonds. The molecule has 0 radical (unpaired) electrons. The van der Waals surface area contributed by atoms with E-state index in [1.807, 2.05) is 43.3 Å². The molecule has 0 spiro atoms. The van der Waals surface area contributed by atoms with Crippen molar-refractivity contribution in [1.29, 1.82) is 0 Å². The van der Waals surface area contributed by atoms with Gasteiger partial charge in [-0.05, 0) is 25.1 Å². The van der Waals surface area contributed by atoms with E-state index in [0.29, 0.717) is 17.9 Å². The van der Waals surface area contributed by atoms with E-state index < -0.39 is 0 Å². The number of rotatable bonds is 5. The van der Waals surface area contributed by atoms with Crippen LogP contribution in [0.2, 0.25) is 0 Å². The SMILES string of the molecule is Cc1c(C(=O)NCCN2CCOCC2)cnn1-c1ccc2ccccc2n1. The fourth-order valence-electron chi connectivity index (χ4n) is 3.28. The van der Waals surface area contributed by atoms with E-state index in [4.69, 9.17) is 4.74 Å². The summed E-state index contributed by atoms with van der Waals surface area (Å²) in [6.45, 7) is 6.69. The summed E-state index contributed by atoms with van der Waals surface area (Å²) in [5, 5.41) is 8.44. The molecule has 0 aliphatic carbocycles. The van der Waals surface area contributed by atoms with Gasteiger partial charge in [-0.1, -0.05) is 18.2 Å². The minimum atomic E-state index is -0.104. The standard InChI is InChI=1S/C20H23N5O2/c1-15-17(20(26)21-8-9-24-10-12-27-13-11-24)14-22-25(15)19-7-6-16-4-2-3-5-18(16)23-19/h2-7,14H,8-13H2,1H3,(H,21,26). The lowest BCUT2D eigenvalue weighted by Gasteiger charge is -2.26. The average molecular weight is 365 g/mol. The molecule has 0 atom stereocenters. The highest BCUT2D eigenvalue weighted by Gasteiger charge is 2.16. The minimum absolute atomic E-state index is 0.104. The van der Waals surface area contributed by atoms with E-state index in [9.17, 15) is 4.79 Å². The zero-order valence-corrected chi connectivity index (χ0v) is 15.4. The summed E-state index contributed by atoms with van der Waals surface area (Å²) in [7, 11) is 0. The Balaban J connectivity index is 1.45. The Hall–Kier alpha value is -2.77. The van der Waals surface area contributed by atoms with Crippen molar-refractivity contribution in [2.45, 2.75) is 6.92 Å². The Morgan fingerprint density at radius 3 is 2.85 bits per heavy atom. The van der Waals surface area contributed by atoms with Crippen LogP contribution >= 0.6 is 0 Å². The molecule has 0 saturated carbocycles. The Morgan fingerprint density at radius 2 is 2.00 bits per heavy atom. The molecule has 1 aromatic carbocycles. The monoisotopic (exact) mass is 365 g/mol. The first-order valence-corrected chi connectivity index (χ1v) is 9.21. The number of nitrogens with zero attached hydrogens (tertiary/aromatic N) is 4. The molecule has 1 aliphatic heterocycles. The number of hydrogen-bond acceptors (Lipinski definition) is 5. The molecule has 1 saturated heterocycles. The van der Waals surface area contributed by atoms with Gasteiger partial charge in [0.1, 0.15) is 0 Å². The summed E-state index contributed by atoms with van der Waals surface area (Å²) in [6.07, 6.45) is 1.61. The van der Waals surface area contributed by atoms with Crippen LogP contribution in [0.4, 0.5) is 0 Å². The minimum Gasteiger partial charge on any atom is -0.379 e. The number of para-hydroxylation sites is 1. The lowest BCUT2D eigenvalue weighted by atomic mass is 10.2. The summed E-state index contributed by atoms with van der Waals surface area (Å²) in [6, 6.07) is 11.9. The second-order valence-electron chi connectivity index (χ2n) is 6.63. The van der Waals surface area contributed by atoms with Gasteiger partial charge in [0.25, 0.3) is 5.91 Å². The highest BCUT2D eigenvalue weighted by molar-refractivity contribution is 5.95. The highest BCUT2D eigenvalue weighted by Crippen LogP contribution is 2.17. The summed E-state index contributed by atoms with van der Waals surface area (Å²) in [4.78, 5) is 19.5. The molecule has 1 N–H and O–H groups in total. The van der Waals surface area contributed by atoms with Crippen LogP contribution in [0.15, 0.2) is 42.6 Å². The number of carbonyl (C=O) groups excluding carboxylic acids is 1. The Morgan fingerprint density at radius 1 is 1.19 bits per heavy atom. The summed E-state index contributed by atoms with van der Waals surface area (Å²) < 4.78 is 7.05. The first-order valence-electron chi connectivity index (χ1n) is 9.21. The van der Waals surface area contributed by atoms with Gasteiger partial charge in [0, 0.05) is 31.6 Å².